The molecule has 0 spiro atoms. The second-order valence-corrected chi connectivity index (χ2v) is 5.97. The summed E-state index contributed by atoms with van der Waals surface area (Å²) in [5.41, 5.74) is 4.37. The third kappa shape index (κ3) is 3.01. The molecule has 0 radical (unpaired) electrons. The zero-order valence-electron chi connectivity index (χ0n) is 13.8. The van der Waals surface area contributed by atoms with Crippen molar-refractivity contribution in [3.8, 4) is 0 Å². The summed E-state index contributed by atoms with van der Waals surface area (Å²) in [6, 6.07) is 13.7. The molecule has 6 nitrogen and oxygen atoms in total. The van der Waals surface area contributed by atoms with Crippen molar-refractivity contribution in [3.05, 3.63) is 64.7 Å². The fourth-order valence-corrected chi connectivity index (χ4v) is 2.57. The molecule has 0 aliphatic carbocycles. The quantitative estimate of drug-likeness (QED) is 0.684. The first-order valence-electron chi connectivity index (χ1n) is 7.89. The lowest BCUT2D eigenvalue weighted by molar-refractivity contribution is 0.102. The van der Waals surface area contributed by atoms with Gasteiger partial charge in [0.2, 0.25) is 5.88 Å². The van der Waals surface area contributed by atoms with Crippen LogP contribution in [0.3, 0.4) is 0 Å². The van der Waals surface area contributed by atoms with Crippen molar-refractivity contribution >= 4 is 35.5 Å². The Hall–Kier alpha value is -3.41. The highest BCUT2D eigenvalue weighted by atomic mass is 16.4. The summed E-state index contributed by atoms with van der Waals surface area (Å²) in [7, 11) is 0. The van der Waals surface area contributed by atoms with Crippen molar-refractivity contribution in [3.63, 3.8) is 0 Å². The normalized spacial score (nSPS) is 13.0. The van der Waals surface area contributed by atoms with E-state index < -0.39 is 0 Å². The molecule has 0 saturated carbocycles. The summed E-state index contributed by atoms with van der Waals surface area (Å²) >= 11 is 0. The number of nitrogens with zero attached hydrogens (tertiary/aromatic N) is 2. The number of oxazole rings is 1. The zero-order chi connectivity index (χ0) is 17.4. The number of carbonyl (C=O) groups excluding carboxylic acids is 1. The molecular formula is C19H16N4O2. The molecule has 0 saturated heterocycles. The average Bonchev–Trinajstić information content (AvgIpc) is 2.92. The van der Waals surface area contributed by atoms with E-state index in [1.165, 1.54) is 5.56 Å². The number of nitrogens with one attached hydrogen (secondary N) is 2. The molecule has 0 atom stereocenters. The number of hydrogen-bond donors (Lipinski definition) is 2. The molecule has 1 aromatic heterocycles. The lowest BCUT2D eigenvalue weighted by Crippen LogP contribution is -2.10. The van der Waals surface area contributed by atoms with E-state index in [-0.39, 0.29) is 17.8 Å². The second kappa shape index (κ2) is 5.90. The number of amides is 1. The molecule has 0 bridgehead atoms. The van der Waals surface area contributed by atoms with Gasteiger partial charge in [-0.2, -0.15) is 4.98 Å². The SMILES string of the molecule is Cc1ccc(C=Nc2nc3c(o2)NC(=O)c2cc(C)ccc2N3)cc1. The van der Waals surface area contributed by atoms with Gasteiger partial charge in [-0.3, -0.25) is 10.1 Å². The summed E-state index contributed by atoms with van der Waals surface area (Å²) in [6.45, 7) is 3.96. The van der Waals surface area contributed by atoms with Gasteiger partial charge in [0.05, 0.1) is 11.3 Å². The summed E-state index contributed by atoms with van der Waals surface area (Å²) in [5, 5.41) is 5.85. The van der Waals surface area contributed by atoms with E-state index in [0.29, 0.717) is 17.1 Å². The number of benzene rings is 2. The van der Waals surface area contributed by atoms with Crippen LogP contribution in [0, 0.1) is 13.8 Å². The van der Waals surface area contributed by atoms with Gasteiger partial charge in [-0.1, -0.05) is 41.5 Å². The Morgan fingerprint density at radius 1 is 1.04 bits per heavy atom. The van der Waals surface area contributed by atoms with Crippen LogP contribution < -0.4 is 10.6 Å². The number of carbonyl (C=O) groups is 1. The van der Waals surface area contributed by atoms with E-state index in [4.69, 9.17) is 4.42 Å². The second-order valence-electron chi connectivity index (χ2n) is 5.97. The Morgan fingerprint density at radius 2 is 1.80 bits per heavy atom. The molecule has 3 aromatic rings. The van der Waals surface area contributed by atoms with E-state index in [1.54, 1.807) is 6.21 Å². The van der Waals surface area contributed by atoms with Gasteiger partial charge in [-0.05, 0) is 31.5 Å². The first kappa shape index (κ1) is 15.1. The molecule has 124 valence electrons. The molecule has 1 amide bonds. The van der Waals surface area contributed by atoms with Crippen LogP contribution in [0.1, 0.15) is 27.0 Å². The minimum Gasteiger partial charge on any atom is -0.403 e. The fourth-order valence-electron chi connectivity index (χ4n) is 2.57. The number of rotatable bonds is 2. The number of anilines is 3. The Labute approximate surface area is 144 Å². The smallest absolute Gasteiger partial charge is 0.325 e. The summed E-state index contributed by atoms with van der Waals surface area (Å²) in [4.78, 5) is 20.9. The highest BCUT2D eigenvalue weighted by molar-refractivity contribution is 6.11. The van der Waals surface area contributed by atoms with Gasteiger partial charge in [0.15, 0.2) is 5.82 Å². The molecule has 2 aromatic carbocycles. The molecular weight excluding hydrogens is 316 g/mol. The Bertz CT molecular complexity index is 987. The maximum absolute atomic E-state index is 12.4. The van der Waals surface area contributed by atoms with Gasteiger partial charge >= 0.3 is 6.01 Å². The van der Waals surface area contributed by atoms with Gasteiger partial charge in [0.1, 0.15) is 0 Å². The number of aliphatic imine (C=N–C) groups is 1. The van der Waals surface area contributed by atoms with Crippen LogP contribution in [-0.4, -0.2) is 17.1 Å². The monoisotopic (exact) mass is 332 g/mol. The highest BCUT2D eigenvalue weighted by Crippen LogP contribution is 2.34. The maximum Gasteiger partial charge on any atom is 0.325 e. The van der Waals surface area contributed by atoms with Gasteiger partial charge in [0, 0.05) is 6.21 Å². The highest BCUT2D eigenvalue weighted by Gasteiger charge is 2.23. The first-order valence-corrected chi connectivity index (χ1v) is 7.89. The van der Waals surface area contributed by atoms with Crippen LogP contribution >= 0.6 is 0 Å². The molecule has 1 aliphatic rings. The van der Waals surface area contributed by atoms with E-state index in [1.807, 2.05) is 56.3 Å². The van der Waals surface area contributed by atoms with Crippen LogP contribution in [0.4, 0.5) is 23.4 Å². The van der Waals surface area contributed by atoms with Crippen molar-refractivity contribution in [2.24, 2.45) is 4.99 Å². The zero-order valence-corrected chi connectivity index (χ0v) is 13.8. The Morgan fingerprint density at radius 3 is 2.60 bits per heavy atom. The third-order valence-electron chi connectivity index (χ3n) is 3.92. The summed E-state index contributed by atoms with van der Waals surface area (Å²) in [6.07, 6.45) is 1.67. The van der Waals surface area contributed by atoms with E-state index >= 15 is 0 Å². The number of fused-ring (bicyclic) bond motifs is 2. The predicted molar refractivity (Wildman–Crippen MR) is 97.4 cm³/mol. The molecule has 2 heterocycles. The summed E-state index contributed by atoms with van der Waals surface area (Å²) < 4.78 is 5.56. The lowest BCUT2D eigenvalue weighted by atomic mass is 10.1. The van der Waals surface area contributed by atoms with Crippen LogP contribution in [0.2, 0.25) is 0 Å². The molecule has 1 aliphatic heterocycles. The maximum atomic E-state index is 12.4. The molecule has 6 heteroatoms. The van der Waals surface area contributed by atoms with Crippen molar-refractivity contribution in [2.75, 3.05) is 10.6 Å². The Kier molecular flexibility index (Phi) is 3.57. The van der Waals surface area contributed by atoms with E-state index in [0.717, 1.165) is 11.1 Å². The lowest BCUT2D eigenvalue weighted by Gasteiger charge is -2.05. The molecule has 0 fully saturated rings. The third-order valence-corrected chi connectivity index (χ3v) is 3.92. The van der Waals surface area contributed by atoms with E-state index in [2.05, 4.69) is 20.6 Å². The first-order chi connectivity index (χ1) is 12.1. The van der Waals surface area contributed by atoms with Crippen LogP contribution in [0.15, 0.2) is 51.9 Å². The van der Waals surface area contributed by atoms with Crippen molar-refractivity contribution in [2.45, 2.75) is 13.8 Å². The average molecular weight is 332 g/mol. The van der Waals surface area contributed by atoms with Gasteiger partial charge < -0.3 is 9.73 Å². The largest absolute Gasteiger partial charge is 0.403 e. The standard InChI is InChI=1S/C19H16N4O2/c1-11-3-6-13(7-4-11)10-20-19-22-16-18(25-19)23-17(24)14-9-12(2)5-8-15(14)21-16/h3-10,21H,1-2H3,(H,23,24). The van der Waals surface area contributed by atoms with Gasteiger partial charge in [-0.25, -0.2) is 4.99 Å². The summed E-state index contributed by atoms with van der Waals surface area (Å²) in [5.74, 6) is 0.456. The molecule has 25 heavy (non-hydrogen) atoms. The number of aryl methyl sites for hydroxylation is 2. The molecule has 2 N–H and O–H groups in total. The van der Waals surface area contributed by atoms with Gasteiger partial charge in [-0.15, -0.1) is 0 Å². The number of aromatic nitrogens is 1. The minimum absolute atomic E-state index is 0.175. The number of hydrogen-bond acceptors (Lipinski definition) is 5. The van der Waals surface area contributed by atoms with Crippen LogP contribution in [0.25, 0.3) is 0 Å². The molecule has 0 unspecified atom stereocenters. The van der Waals surface area contributed by atoms with Crippen molar-refractivity contribution < 1.29 is 9.21 Å². The topological polar surface area (TPSA) is 79.5 Å². The van der Waals surface area contributed by atoms with Gasteiger partial charge in [0.25, 0.3) is 5.91 Å². The van der Waals surface area contributed by atoms with Crippen molar-refractivity contribution in [1.29, 1.82) is 0 Å². The minimum atomic E-state index is -0.241. The van der Waals surface area contributed by atoms with Crippen LogP contribution in [-0.2, 0) is 0 Å². The van der Waals surface area contributed by atoms with Crippen molar-refractivity contribution in [1.82, 2.24) is 4.98 Å². The molecule has 4 rings (SSSR count). The Balaban J connectivity index is 1.63. The fraction of sp³-hybridized carbons (Fsp3) is 0.105. The predicted octanol–water partition coefficient (Wildman–Crippen LogP) is 4.35. The van der Waals surface area contributed by atoms with Crippen LogP contribution in [0.5, 0.6) is 0 Å². The van der Waals surface area contributed by atoms with E-state index in [9.17, 15) is 4.79 Å².